The van der Waals surface area contributed by atoms with Gasteiger partial charge in [0.1, 0.15) is 5.69 Å². The van der Waals surface area contributed by atoms with E-state index in [4.69, 9.17) is 10.3 Å². The van der Waals surface area contributed by atoms with E-state index < -0.39 is 0 Å². The Bertz CT molecular complexity index is 624. The molecule has 2 aromatic rings. The fourth-order valence-corrected chi connectivity index (χ4v) is 3.05. The van der Waals surface area contributed by atoms with Crippen LogP contribution in [0.2, 0.25) is 0 Å². The van der Waals surface area contributed by atoms with E-state index in [9.17, 15) is 4.79 Å². The summed E-state index contributed by atoms with van der Waals surface area (Å²) in [5.74, 6) is 0.398. The van der Waals surface area contributed by atoms with Gasteiger partial charge in [-0.25, -0.2) is 0 Å². The van der Waals surface area contributed by atoms with Gasteiger partial charge in [-0.1, -0.05) is 48.3 Å². The van der Waals surface area contributed by atoms with Gasteiger partial charge in [0.25, 0.3) is 5.91 Å². The lowest BCUT2D eigenvalue weighted by Crippen LogP contribution is -2.44. The molecule has 3 N–H and O–H groups in total. The monoisotopic (exact) mass is 299 g/mol. The normalized spacial score (nSPS) is 21.5. The van der Waals surface area contributed by atoms with Crippen molar-refractivity contribution in [2.24, 2.45) is 11.7 Å². The van der Waals surface area contributed by atoms with Crippen molar-refractivity contribution >= 4 is 5.91 Å². The van der Waals surface area contributed by atoms with Crippen molar-refractivity contribution in [2.45, 2.75) is 31.7 Å². The third-order valence-corrected chi connectivity index (χ3v) is 4.33. The van der Waals surface area contributed by atoms with Crippen LogP contribution in [0.5, 0.6) is 0 Å². The number of hydrogen-bond donors (Lipinski definition) is 2. The predicted octanol–water partition coefficient (Wildman–Crippen LogP) is 2.59. The molecule has 1 saturated carbocycles. The maximum atomic E-state index is 12.3. The van der Waals surface area contributed by atoms with Crippen LogP contribution in [0.25, 0.3) is 11.3 Å². The summed E-state index contributed by atoms with van der Waals surface area (Å²) in [5.41, 5.74) is 7.41. The van der Waals surface area contributed by atoms with Gasteiger partial charge in [-0.15, -0.1) is 0 Å². The average molecular weight is 299 g/mol. The van der Waals surface area contributed by atoms with E-state index in [-0.39, 0.29) is 17.7 Å². The summed E-state index contributed by atoms with van der Waals surface area (Å²) >= 11 is 0. The minimum atomic E-state index is -0.208. The van der Waals surface area contributed by atoms with Crippen molar-refractivity contribution in [2.75, 3.05) is 6.54 Å². The van der Waals surface area contributed by atoms with Gasteiger partial charge in [-0.05, 0) is 25.3 Å². The standard InChI is InChI=1S/C17H21N3O2/c18-11-13-8-4-5-9-14(13)19-17(21)16-10-15(20-22-16)12-6-2-1-3-7-12/h1-3,6-7,10,13-14H,4-5,8-9,11,18H2,(H,19,21). The molecule has 1 aliphatic rings. The first-order valence-corrected chi connectivity index (χ1v) is 7.81. The molecular formula is C17H21N3O2. The zero-order valence-corrected chi connectivity index (χ0v) is 12.5. The first-order chi connectivity index (χ1) is 10.8. The van der Waals surface area contributed by atoms with Gasteiger partial charge in [0.15, 0.2) is 0 Å². The van der Waals surface area contributed by atoms with Crippen LogP contribution in [0.15, 0.2) is 40.9 Å². The molecule has 22 heavy (non-hydrogen) atoms. The number of nitrogens with zero attached hydrogens (tertiary/aromatic N) is 1. The van der Waals surface area contributed by atoms with Gasteiger partial charge >= 0.3 is 0 Å². The summed E-state index contributed by atoms with van der Waals surface area (Å²) < 4.78 is 5.20. The number of carbonyl (C=O) groups is 1. The third kappa shape index (κ3) is 3.20. The van der Waals surface area contributed by atoms with Crippen LogP contribution < -0.4 is 11.1 Å². The highest BCUT2D eigenvalue weighted by Crippen LogP contribution is 2.24. The quantitative estimate of drug-likeness (QED) is 0.909. The fourth-order valence-electron chi connectivity index (χ4n) is 3.05. The van der Waals surface area contributed by atoms with Crippen LogP contribution in [0.1, 0.15) is 36.2 Å². The molecule has 0 radical (unpaired) electrons. The van der Waals surface area contributed by atoms with Gasteiger partial charge in [0.05, 0.1) is 0 Å². The Morgan fingerprint density at radius 3 is 2.82 bits per heavy atom. The second-order valence-electron chi connectivity index (χ2n) is 5.80. The van der Waals surface area contributed by atoms with Crippen molar-refractivity contribution < 1.29 is 9.32 Å². The minimum absolute atomic E-state index is 0.136. The Hall–Kier alpha value is -2.14. The molecule has 0 aliphatic heterocycles. The van der Waals surface area contributed by atoms with Gasteiger partial charge in [0, 0.05) is 17.7 Å². The van der Waals surface area contributed by atoms with E-state index >= 15 is 0 Å². The van der Waals surface area contributed by atoms with Gasteiger partial charge < -0.3 is 15.6 Å². The second-order valence-corrected chi connectivity index (χ2v) is 5.80. The van der Waals surface area contributed by atoms with Crippen LogP contribution in [0, 0.1) is 5.92 Å². The van der Waals surface area contributed by atoms with E-state index in [0.29, 0.717) is 18.2 Å². The lowest BCUT2D eigenvalue weighted by Gasteiger charge is -2.30. The van der Waals surface area contributed by atoms with Crippen molar-refractivity contribution in [1.82, 2.24) is 10.5 Å². The van der Waals surface area contributed by atoms with E-state index in [2.05, 4.69) is 10.5 Å². The molecule has 2 atom stereocenters. The number of carbonyl (C=O) groups excluding carboxylic acids is 1. The molecule has 1 aliphatic carbocycles. The molecular weight excluding hydrogens is 278 g/mol. The molecule has 0 saturated heterocycles. The summed E-state index contributed by atoms with van der Waals surface area (Å²) in [6, 6.07) is 11.5. The molecule has 116 valence electrons. The van der Waals surface area contributed by atoms with E-state index in [1.807, 2.05) is 30.3 Å². The number of nitrogens with one attached hydrogen (secondary N) is 1. The lowest BCUT2D eigenvalue weighted by atomic mass is 9.84. The highest BCUT2D eigenvalue weighted by atomic mass is 16.5. The van der Waals surface area contributed by atoms with Crippen LogP contribution in [0.3, 0.4) is 0 Å². The van der Waals surface area contributed by atoms with Crippen molar-refractivity contribution in [3.05, 3.63) is 42.2 Å². The summed E-state index contributed by atoms with van der Waals surface area (Å²) in [6.07, 6.45) is 4.38. The molecule has 1 fully saturated rings. The number of benzene rings is 1. The number of nitrogens with two attached hydrogens (primary N) is 1. The molecule has 2 unspecified atom stereocenters. The molecule has 5 nitrogen and oxygen atoms in total. The van der Waals surface area contributed by atoms with Crippen LogP contribution in [-0.2, 0) is 0 Å². The van der Waals surface area contributed by atoms with Gasteiger partial charge in [-0.2, -0.15) is 0 Å². The van der Waals surface area contributed by atoms with Crippen molar-refractivity contribution in [3.63, 3.8) is 0 Å². The van der Waals surface area contributed by atoms with E-state index in [1.54, 1.807) is 6.07 Å². The summed E-state index contributed by atoms with van der Waals surface area (Å²) in [5, 5.41) is 7.03. The lowest BCUT2D eigenvalue weighted by molar-refractivity contribution is 0.0870. The van der Waals surface area contributed by atoms with Crippen molar-refractivity contribution in [3.8, 4) is 11.3 Å². The Morgan fingerprint density at radius 1 is 1.27 bits per heavy atom. The first kappa shape index (κ1) is 14.8. The van der Waals surface area contributed by atoms with E-state index in [1.165, 1.54) is 6.42 Å². The highest BCUT2D eigenvalue weighted by Gasteiger charge is 2.26. The van der Waals surface area contributed by atoms with Crippen LogP contribution >= 0.6 is 0 Å². The maximum Gasteiger partial charge on any atom is 0.290 e. The highest BCUT2D eigenvalue weighted by molar-refractivity contribution is 5.92. The smallest absolute Gasteiger partial charge is 0.290 e. The van der Waals surface area contributed by atoms with E-state index in [0.717, 1.165) is 24.8 Å². The molecule has 5 heteroatoms. The number of amides is 1. The minimum Gasteiger partial charge on any atom is -0.350 e. The molecule has 0 spiro atoms. The Labute approximate surface area is 129 Å². The van der Waals surface area contributed by atoms with Gasteiger partial charge in [0.2, 0.25) is 5.76 Å². The molecule has 0 bridgehead atoms. The topological polar surface area (TPSA) is 81.1 Å². The molecule has 1 heterocycles. The Balaban J connectivity index is 1.69. The summed E-state index contributed by atoms with van der Waals surface area (Å²) in [6.45, 7) is 0.608. The first-order valence-electron chi connectivity index (χ1n) is 7.81. The van der Waals surface area contributed by atoms with Gasteiger partial charge in [-0.3, -0.25) is 4.79 Å². The van der Waals surface area contributed by atoms with Crippen molar-refractivity contribution in [1.29, 1.82) is 0 Å². The zero-order valence-electron chi connectivity index (χ0n) is 12.5. The van der Waals surface area contributed by atoms with Crippen LogP contribution in [-0.4, -0.2) is 23.7 Å². The second kappa shape index (κ2) is 6.75. The summed E-state index contributed by atoms with van der Waals surface area (Å²) in [7, 11) is 0. The number of aromatic nitrogens is 1. The SMILES string of the molecule is NCC1CCCCC1NC(=O)c1cc(-c2ccccc2)no1. The van der Waals surface area contributed by atoms with Crippen LogP contribution in [0.4, 0.5) is 0 Å². The third-order valence-electron chi connectivity index (χ3n) is 4.33. The molecule has 3 rings (SSSR count). The largest absolute Gasteiger partial charge is 0.350 e. The maximum absolute atomic E-state index is 12.3. The Morgan fingerprint density at radius 2 is 2.05 bits per heavy atom. The predicted molar refractivity (Wildman–Crippen MR) is 84.2 cm³/mol. The average Bonchev–Trinajstić information content (AvgIpc) is 3.06. The Kier molecular flexibility index (Phi) is 4.53. The summed E-state index contributed by atoms with van der Waals surface area (Å²) in [4.78, 5) is 12.3. The molecule has 1 amide bonds. The zero-order chi connectivity index (χ0) is 15.4. The number of rotatable bonds is 4. The molecule has 1 aromatic carbocycles. The molecule has 1 aromatic heterocycles. The number of hydrogen-bond acceptors (Lipinski definition) is 4. The fraction of sp³-hybridized carbons (Fsp3) is 0.412.